The van der Waals surface area contributed by atoms with Gasteiger partial charge in [-0.15, -0.1) is 0 Å². The molecule has 16 heavy (non-hydrogen) atoms. The largest absolute Gasteiger partial charge is 0.393 e. The molecule has 1 aromatic rings. The van der Waals surface area contributed by atoms with Crippen LogP contribution in [0.1, 0.15) is 19.3 Å². The van der Waals surface area contributed by atoms with Crippen LogP contribution in [-0.2, 0) is 11.3 Å². The maximum absolute atomic E-state index is 11.5. The van der Waals surface area contributed by atoms with Gasteiger partial charge in [-0.05, 0) is 31.2 Å². The van der Waals surface area contributed by atoms with Crippen LogP contribution in [0.3, 0.4) is 0 Å². The topological polar surface area (TPSA) is 67.2 Å². The molecule has 2 N–H and O–H groups in total. The third kappa shape index (κ3) is 3.06. The number of nitrogens with zero attached hydrogens (tertiary/aromatic N) is 2. The van der Waals surface area contributed by atoms with Crippen molar-refractivity contribution in [3.05, 3.63) is 18.5 Å². The van der Waals surface area contributed by atoms with Gasteiger partial charge in [0, 0.05) is 18.9 Å². The van der Waals surface area contributed by atoms with Gasteiger partial charge in [0.05, 0.1) is 6.10 Å². The Morgan fingerprint density at radius 3 is 3.06 bits per heavy atom. The van der Waals surface area contributed by atoms with Crippen molar-refractivity contribution >= 4 is 5.91 Å². The second-order valence-electron chi connectivity index (χ2n) is 4.34. The number of carbonyl (C=O) groups excluding carboxylic acids is 1. The zero-order valence-corrected chi connectivity index (χ0v) is 9.17. The van der Waals surface area contributed by atoms with E-state index in [9.17, 15) is 9.90 Å². The summed E-state index contributed by atoms with van der Waals surface area (Å²) in [4.78, 5) is 11.5. The average molecular weight is 223 g/mol. The third-order valence-corrected chi connectivity index (χ3v) is 2.97. The Morgan fingerprint density at radius 2 is 2.44 bits per heavy atom. The summed E-state index contributed by atoms with van der Waals surface area (Å²) in [6, 6.07) is 1.79. The van der Waals surface area contributed by atoms with E-state index in [1.807, 2.05) is 0 Å². The van der Waals surface area contributed by atoms with Gasteiger partial charge in [0.15, 0.2) is 0 Å². The first-order chi connectivity index (χ1) is 7.74. The van der Waals surface area contributed by atoms with E-state index in [2.05, 4.69) is 10.4 Å². The van der Waals surface area contributed by atoms with Crippen LogP contribution in [0.5, 0.6) is 0 Å². The first-order valence-electron chi connectivity index (χ1n) is 5.66. The molecule has 1 saturated carbocycles. The Kier molecular flexibility index (Phi) is 3.56. The predicted octanol–water partition coefficient (Wildman–Crippen LogP) is 0.160. The molecule has 5 heteroatoms. The molecule has 0 radical (unpaired) electrons. The predicted molar refractivity (Wildman–Crippen MR) is 58.6 cm³/mol. The molecule has 88 valence electrons. The lowest BCUT2D eigenvalue weighted by Crippen LogP contribution is -2.31. The van der Waals surface area contributed by atoms with Crippen molar-refractivity contribution in [3.63, 3.8) is 0 Å². The summed E-state index contributed by atoms with van der Waals surface area (Å²) >= 11 is 0. The highest BCUT2D eigenvalue weighted by Gasteiger charge is 2.22. The Hall–Kier alpha value is -1.36. The van der Waals surface area contributed by atoms with Crippen molar-refractivity contribution in [3.8, 4) is 0 Å². The first kappa shape index (κ1) is 11.1. The van der Waals surface area contributed by atoms with Crippen LogP contribution in [0.25, 0.3) is 0 Å². The summed E-state index contributed by atoms with van der Waals surface area (Å²) in [6.07, 6.45) is 5.91. The molecule has 0 saturated heterocycles. The summed E-state index contributed by atoms with van der Waals surface area (Å²) in [7, 11) is 0. The lowest BCUT2D eigenvalue weighted by molar-refractivity contribution is -0.122. The molecule has 0 aliphatic heterocycles. The minimum Gasteiger partial charge on any atom is -0.393 e. The van der Waals surface area contributed by atoms with Crippen LogP contribution in [-0.4, -0.2) is 33.4 Å². The molecule has 0 spiro atoms. The number of amides is 1. The molecule has 0 bridgehead atoms. The van der Waals surface area contributed by atoms with Crippen LogP contribution in [0.2, 0.25) is 0 Å². The number of aliphatic hydroxyl groups excluding tert-OH is 1. The van der Waals surface area contributed by atoms with Gasteiger partial charge in [-0.25, -0.2) is 0 Å². The Balaban J connectivity index is 1.68. The maximum Gasteiger partial charge on any atom is 0.241 e. The molecule has 0 aromatic carbocycles. The second kappa shape index (κ2) is 5.12. The zero-order valence-electron chi connectivity index (χ0n) is 9.17. The number of hydrogen-bond donors (Lipinski definition) is 2. The summed E-state index contributed by atoms with van der Waals surface area (Å²) in [5, 5.41) is 16.2. The highest BCUT2D eigenvalue weighted by Crippen LogP contribution is 2.24. The molecule has 2 atom stereocenters. The second-order valence-corrected chi connectivity index (χ2v) is 4.34. The molecule has 2 rings (SSSR count). The summed E-state index contributed by atoms with van der Waals surface area (Å²) < 4.78 is 1.60. The number of aliphatic hydroxyl groups is 1. The van der Waals surface area contributed by atoms with Gasteiger partial charge in [-0.2, -0.15) is 5.10 Å². The highest BCUT2D eigenvalue weighted by atomic mass is 16.3. The SMILES string of the molecule is O=C(Cn1cccn1)NCC1CCC(O)C1. The smallest absolute Gasteiger partial charge is 0.241 e. The van der Waals surface area contributed by atoms with Crippen molar-refractivity contribution in [1.29, 1.82) is 0 Å². The molecular formula is C11H17N3O2. The molecule has 1 amide bonds. The van der Waals surface area contributed by atoms with E-state index in [1.165, 1.54) is 0 Å². The molecule has 1 aliphatic rings. The zero-order chi connectivity index (χ0) is 11.4. The fourth-order valence-corrected chi connectivity index (χ4v) is 2.09. The quantitative estimate of drug-likeness (QED) is 0.764. The fourth-order valence-electron chi connectivity index (χ4n) is 2.09. The molecule has 5 nitrogen and oxygen atoms in total. The molecule has 1 aliphatic carbocycles. The molecule has 2 unspecified atom stereocenters. The fraction of sp³-hybridized carbons (Fsp3) is 0.636. The number of aromatic nitrogens is 2. The number of rotatable bonds is 4. The number of hydrogen-bond acceptors (Lipinski definition) is 3. The molecule has 1 heterocycles. The number of carbonyl (C=O) groups is 1. The third-order valence-electron chi connectivity index (χ3n) is 2.97. The minimum absolute atomic E-state index is 0.0231. The van der Waals surface area contributed by atoms with E-state index in [0.29, 0.717) is 12.5 Å². The van der Waals surface area contributed by atoms with Gasteiger partial charge in [-0.1, -0.05) is 0 Å². The van der Waals surface area contributed by atoms with Crippen LogP contribution >= 0.6 is 0 Å². The van der Waals surface area contributed by atoms with Gasteiger partial charge in [0.2, 0.25) is 5.91 Å². The van der Waals surface area contributed by atoms with Crippen LogP contribution in [0.15, 0.2) is 18.5 Å². The molecular weight excluding hydrogens is 206 g/mol. The van der Waals surface area contributed by atoms with E-state index in [1.54, 1.807) is 23.1 Å². The van der Waals surface area contributed by atoms with E-state index >= 15 is 0 Å². The Bertz CT molecular complexity index is 337. The van der Waals surface area contributed by atoms with Gasteiger partial charge >= 0.3 is 0 Å². The monoisotopic (exact) mass is 223 g/mol. The van der Waals surface area contributed by atoms with Crippen LogP contribution in [0.4, 0.5) is 0 Å². The van der Waals surface area contributed by atoms with Gasteiger partial charge < -0.3 is 10.4 Å². The van der Waals surface area contributed by atoms with E-state index in [4.69, 9.17) is 0 Å². The summed E-state index contributed by atoms with van der Waals surface area (Å²) in [5.74, 6) is 0.404. The van der Waals surface area contributed by atoms with Crippen molar-refractivity contribution in [1.82, 2.24) is 15.1 Å². The van der Waals surface area contributed by atoms with Gasteiger partial charge in [0.1, 0.15) is 6.54 Å². The van der Waals surface area contributed by atoms with E-state index in [0.717, 1.165) is 19.3 Å². The van der Waals surface area contributed by atoms with Crippen LogP contribution < -0.4 is 5.32 Å². The van der Waals surface area contributed by atoms with Crippen molar-refractivity contribution in [2.45, 2.75) is 31.9 Å². The normalized spacial score (nSPS) is 24.6. The lowest BCUT2D eigenvalue weighted by atomic mass is 10.1. The first-order valence-corrected chi connectivity index (χ1v) is 5.66. The minimum atomic E-state index is -0.173. The van der Waals surface area contributed by atoms with Crippen LogP contribution in [0, 0.1) is 5.92 Å². The summed E-state index contributed by atoms with van der Waals surface area (Å²) in [6.45, 7) is 0.930. The van der Waals surface area contributed by atoms with Gasteiger partial charge in [0.25, 0.3) is 0 Å². The van der Waals surface area contributed by atoms with E-state index in [-0.39, 0.29) is 18.6 Å². The van der Waals surface area contributed by atoms with Crippen molar-refractivity contribution in [2.24, 2.45) is 5.92 Å². The molecule has 1 aromatic heterocycles. The van der Waals surface area contributed by atoms with E-state index < -0.39 is 0 Å². The van der Waals surface area contributed by atoms with Gasteiger partial charge in [-0.3, -0.25) is 9.48 Å². The molecule has 1 fully saturated rings. The average Bonchev–Trinajstić information content (AvgIpc) is 2.87. The van der Waals surface area contributed by atoms with Crippen molar-refractivity contribution < 1.29 is 9.90 Å². The maximum atomic E-state index is 11.5. The van der Waals surface area contributed by atoms with Crippen molar-refractivity contribution in [2.75, 3.05) is 6.54 Å². The lowest BCUT2D eigenvalue weighted by Gasteiger charge is -2.10. The summed E-state index contributed by atoms with van der Waals surface area (Å²) in [5.41, 5.74) is 0. The Morgan fingerprint density at radius 1 is 1.56 bits per heavy atom. The standard InChI is InChI=1S/C11H17N3O2/c15-10-3-2-9(6-10)7-12-11(16)8-14-5-1-4-13-14/h1,4-5,9-10,15H,2-3,6-8H2,(H,12,16). The highest BCUT2D eigenvalue weighted by molar-refractivity contribution is 5.75. The number of nitrogens with one attached hydrogen (secondary N) is 1. The Labute approximate surface area is 94.5 Å².